The van der Waals surface area contributed by atoms with Crippen LogP contribution in [0.4, 0.5) is 0 Å². The van der Waals surface area contributed by atoms with E-state index in [9.17, 15) is 0 Å². The first-order valence-electron chi connectivity index (χ1n) is 15.3. The van der Waals surface area contributed by atoms with Crippen LogP contribution in [0.2, 0.25) is 0 Å². The van der Waals surface area contributed by atoms with Crippen LogP contribution < -0.4 is 0 Å². The Morgan fingerprint density at radius 3 is 1.40 bits per heavy atom. The van der Waals surface area contributed by atoms with Gasteiger partial charge in [-0.2, -0.15) is 0 Å². The van der Waals surface area contributed by atoms with Gasteiger partial charge in [0, 0.05) is 0 Å². The first-order chi connectivity index (χ1) is 21.3. The molecule has 0 atom stereocenters. The van der Waals surface area contributed by atoms with Crippen molar-refractivity contribution in [2.24, 2.45) is 0 Å². The molecular weight excluding hydrogens is 516 g/mol. The summed E-state index contributed by atoms with van der Waals surface area (Å²) in [5, 5.41) is 10.4. The maximum Gasteiger partial charge on any atom is -0.00260 e. The van der Waals surface area contributed by atoms with Crippen LogP contribution in [0, 0.1) is 0 Å². The van der Waals surface area contributed by atoms with Crippen molar-refractivity contribution in [3.8, 4) is 22.3 Å². The van der Waals surface area contributed by atoms with Crippen LogP contribution in [0.1, 0.15) is 22.6 Å². The summed E-state index contributed by atoms with van der Waals surface area (Å²) < 4.78 is 0. The normalized spacial score (nSPS) is 13.3. The topological polar surface area (TPSA) is 0 Å². The van der Waals surface area contributed by atoms with Gasteiger partial charge in [-0.25, -0.2) is 0 Å². The van der Waals surface area contributed by atoms with E-state index in [-0.39, 0.29) is 0 Å². The van der Waals surface area contributed by atoms with Crippen molar-refractivity contribution in [1.29, 1.82) is 0 Å². The standard InChI is InChI=1S/C43H30/c1-3-11-30-23-35(19-17-28(30)9-1)42-38-15-7-8-16-39(38)43(36-20-18-29-10-2-4-12-31(29)24-36)41-27-34(21-22-40(41)42)37-25-32-13-5-6-14-33(32)26-37/h1-24,27,37H,25-26H2. The summed E-state index contributed by atoms with van der Waals surface area (Å²) >= 11 is 0. The molecule has 0 saturated heterocycles. The lowest BCUT2D eigenvalue weighted by molar-refractivity contribution is 0.743. The molecule has 0 aliphatic heterocycles. The molecule has 0 aromatic heterocycles. The second-order valence-corrected chi connectivity index (χ2v) is 12.1. The highest BCUT2D eigenvalue weighted by molar-refractivity contribution is 6.22. The zero-order valence-electron chi connectivity index (χ0n) is 23.9. The van der Waals surface area contributed by atoms with Crippen LogP contribution in [0.15, 0.2) is 152 Å². The summed E-state index contributed by atoms with van der Waals surface area (Å²) in [7, 11) is 0. The second kappa shape index (κ2) is 9.68. The first-order valence-corrected chi connectivity index (χ1v) is 15.3. The van der Waals surface area contributed by atoms with E-state index >= 15 is 0 Å². The maximum atomic E-state index is 2.52. The minimum absolute atomic E-state index is 0.502. The molecule has 0 radical (unpaired) electrons. The van der Waals surface area contributed by atoms with Gasteiger partial charge in [0.1, 0.15) is 0 Å². The Morgan fingerprint density at radius 1 is 0.349 bits per heavy atom. The summed E-state index contributed by atoms with van der Waals surface area (Å²) in [5.74, 6) is 0.502. The number of fused-ring (bicyclic) bond motifs is 5. The summed E-state index contributed by atoms with van der Waals surface area (Å²) in [6, 6.07) is 56.6. The van der Waals surface area contributed by atoms with Crippen molar-refractivity contribution in [3.63, 3.8) is 0 Å². The molecule has 0 N–H and O–H groups in total. The lowest BCUT2D eigenvalue weighted by Crippen LogP contribution is -1.99. The number of hydrogen-bond donors (Lipinski definition) is 0. The third-order valence-electron chi connectivity index (χ3n) is 9.65. The summed E-state index contributed by atoms with van der Waals surface area (Å²) in [6.07, 6.45) is 2.22. The SMILES string of the molecule is c1ccc2c(c1)CC(c1ccc3c(-c4ccc5ccccc5c4)c4ccccc4c(-c4ccc5ccccc5c4)c3c1)C2. The van der Waals surface area contributed by atoms with Gasteiger partial charge in [-0.1, -0.05) is 140 Å². The van der Waals surface area contributed by atoms with Gasteiger partial charge in [0.2, 0.25) is 0 Å². The lowest BCUT2D eigenvalue weighted by atomic mass is 9.83. The Kier molecular flexibility index (Phi) is 5.49. The fraction of sp³-hybridized carbons (Fsp3) is 0.0698. The van der Waals surface area contributed by atoms with Crippen molar-refractivity contribution in [1.82, 2.24) is 0 Å². The third-order valence-corrected chi connectivity index (χ3v) is 9.65. The highest BCUT2D eigenvalue weighted by Crippen LogP contribution is 2.46. The predicted molar refractivity (Wildman–Crippen MR) is 184 cm³/mol. The molecule has 0 saturated carbocycles. The molecular formula is C43H30. The molecule has 0 heterocycles. The van der Waals surface area contributed by atoms with Crippen LogP contribution in [0.25, 0.3) is 65.3 Å². The average Bonchev–Trinajstić information content (AvgIpc) is 3.51. The predicted octanol–water partition coefficient (Wildman–Crippen LogP) is 11.5. The molecule has 8 aromatic carbocycles. The quantitative estimate of drug-likeness (QED) is 0.193. The van der Waals surface area contributed by atoms with Crippen molar-refractivity contribution in [2.75, 3.05) is 0 Å². The maximum absolute atomic E-state index is 2.52. The molecule has 0 unspecified atom stereocenters. The molecule has 0 bridgehead atoms. The van der Waals surface area contributed by atoms with Crippen LogP contribution in [-0.2, 0) is 12.8 Å². The van der Waals surface area contributed by atoms with E-state index in [1.54, 1.807) is 0 Å². The van der Waals surface area contributed by atoms with E-state index in [2.05, 4.69) is 152 Å². The molecule has 0 spiro atoms. The van der Waals surface area contributed by atoms with Crippen LogP contribution in [0.3, 0.4) is 0 Å². The van der Waals surface area contributed by atoms with Gasteiger partial charge in [-0.3, -0.25) is 0 Å². The fourth-order valence-electron chi connectivity index (χ4n) is 7.56. The molecule has 0 amide bonds. The van der Waals surface area contributed by atoms with Crippen LogP contribution in [0.5, 0.6) is 0 Å². The highest BCUT2D eigenvalue weighted by Gasteiger charge is 2.24. The van der Waals surface area contributed by atoms with E-state index in [0.717, 1.165) is 12.8 Å². The van der Waals surface area contributed by atoms with Gasteiger partial charge in [-0.05, 0) is 113 Å². The van der Waals surface area contributed by atoms with Gasteiger partial charge in [0.15, 0.2) is 0 Å². The third kappa shape index (κ3) is 3.98. The molecule has 1 aliphatic carbocycles. The van der Waals surface area contributed by atoms with Gasteiger partial charge in [-0.15, -0.1) is 0 Å². The zero-order valence-corrected chi connectivity index (χ0v) is 23.9. The van der Waals surface area contributed by atoms with Crippen molar-refractivity contribution in [2.45, 2.75) is 18.8 Å². The Morgan fingerprint density at radius 2 is 0.814 bits per heavy atom. The smallest absolute Gasteiger partial charge is 0.00260 e. The fourth-order valence-corrected chi connectivity index (χ4v) is 7.56. The molecule has 0 heteroatoms. The van der Waals surface area contributed by atoms with E-state index < -0.39 is 0 Å². The zero-order chi connectivity index (χ0) is 28.3. The molecule has 0 fully saturated rings. The molecule has 9 rings (SSSR count). The van der Waals surface area contributed by atoms with E-state index in [1.165, 1.54) is 82.0 Å². The summed E-state index contributed by atoms with van der Waals surface area (Å²) in [6.45, 7) is 0. The van der Waals surface area contributed by atoms with Crippen molar-refractivity contribution in [3.05, 3.63) is 168 Å². The molecule has 8 aromatic rings. The second-order valence-electron chi connectivity index (χ2n) is 12.1. The summed E-state index contributed by atoms with van der Waals surface area (Å²) in [4.78, 5) is 0. The van der Waals surface area contributed by atoms with E-state index in [0.29, 0.717) is 5.92 Å². The molecule has 202 valence electrons. The Labute approximate surface area is 251 Å². The van der Waals surface area contributed by atoms with Gasteiger partial charge in [0.05, 0.1) is 0 Å². The number of hydrogen-bond acceptors (Lipinski definition) is 0. The Hall–Kier alpha value is -5.20. The van der Waals surface area contributed by atoms with Crippen LogP contribution >= 0.6 is 0 Å². The minimum Gasteiger partial charge on any atom is -0.0620 e. The van der Waals surface area contributed by atoms with Gasteiger partial charge < -0.3 is 0 Å². The lowest BCUT2D eigenvalue weighted by Gasteiger charge is -2.20. The molecule has 43 heavy (non-hydrogen) atoms. The highest BCUT2D eigenvalue weighted by atomic mass is 14.3. The average molecular weight is 547 g/mol. The Balaban J connectivity index is 1.35. The van der Waals surface area contributed by atoms with E-state index in [4.69, 9.17) is 0 Å². The largest absolute Gasteiger partial charge is 0.0620 e. The number of rotatable bonds is 3. The van der Waals surface area contributed by atoms with Gasteiger partial charge in [0.25, 0.3) is 0 Å². The van der Waals surface area contributed by atoms with Gasteiger partial charge >= 0.3 is 0 Å². The molecule has 1 aliphatic rings. The Bertz CT molecular complexity index is 2330. The summed E-state index contributed by atoms with van der Waals surface area (Å²) in [5.41, 5.74) is 9.63. The number of benzene rings is 8. The van der Waals surface area contributed by atoms with E-state index in [1.807, 2.05) is 0 Å². The monoisotopic (exact) mass is 546 g/mol. The van der Waals surface area contributed by atoms with Crippen molar-refractivity contribution < 1.29 is 0 Å². The first kappa shape index (κ1) is 24.4. The van der Waals surface area contributed by atoms with Crippen LogP contribution in [-0.4, -0.2) is 0 Å². The molecule has 0 nitrogen and oxygen atoms in total. The van der Waals surface area contributed by atoms with Crippen molar-refractivity contribution >= 4 is 43.1 Å². The minimum atomic E-state index is 0.502.